The third-order valence-corrected chi connectivity index (χ3v) is 3.48. The van der Waals surface area contributed by atoms with E-state index in [4.69, 9.17) is 5.11 Å². The van der Waals surface area contributed by atoms with Crippen LogP contribution in [0.3, 0.4) is 0 Å². The number of carboxylic acids is 1. The van der Waals surface area contributed by atoms with E-state index in [0.29, 0.717) is 4.90 Å². The van der Waals surface area contributed by atoms with Gasteiger partial charge in [0.15, 0.2) is 0 Å². The van der Waals surface area contributed by atoms with E-state index in [-0.39, 0.29) is 16.1 Å². The number of aromatic carboxylic acids is 1. The lowest BCUT2D eigenvalue weighted by atomic mass is 10.2. The molecule has 0 saturated heterocycles. The molecule has 0 radical (unpaired) electrons. The van der Waals surface area contributed by atoms with Gasteiger partial charge in [-0.3, -0.25) is 10.1 Å². The van der Waals surface area contributed by atoms with Gasteiger partial charge in [-0.05, 0) is 24.3 Å². The number of carboxylic acid groups (broad SMARTS) is 1. The molecule has 0 aromatic heterocycles. The first kappa shape index (κ1) is 14.0. The van der Waals surface area contributed by atoms with E-state index in [0.717, 1.165) is 17.8 Å². The molecule has 0 saturated carbocycles. The minimum Gasteiger partial charge on any atom is -0.478 e. The van der Waals surface area contributed by atoms with Gasteiger partial charge >= 0.3 is 5.97 Å². The van der Waals surface area contributed by atoms with Gasteiger partial charge < -0.3 is 5.11 Å². The predicted octanol–water partition coefficient (Wildman–Crippen LogP) is 3.58. The van der Waals surface area contributed by atoms with Crippen molar-refractivity contribution in [2.45, 2.75) is 9.79 Å². The third-order valence-electron chi connectivity index (χ3n) is 2.44. The van der Waals surface area contributed by atoms with Crippen molar-refractivity contribution < 1.29 is 19.2 Å². The van der Waals surface area contributed by atoms with Gasteiger partial charge in [-0.15, -0.1) is 0 Å². The quantitative estimate of drug-likeness (QED) is 0.688. The molecule has 2 aromatic carbocycles. The molecule has 0 bridgehead atoms. The average molecular weight is 293 g/mol. The lowest BCUT2D eigenvalue weighted by Gasteiger charge is -2.04. The van der Waals surface area contributed by atoms with Crippen LogP contribution in [-0.2, 0) is 0 Å². The fourth-order valence-electron chi connectivity index (χ4n) is 1.51. The summed E-state index contributed by atoms with van der Waals surface area (Å²) in [6, 6.07) is 9.36. The molecular weight excluding hydrogens is 285 g/mol. The highest BCUT2D eigenvalue weighted by atomic mass is 32.2. The molecule has 0 fully saturated rings. The van der Waals surface area contributed by atoms with Crippen molar-refractivity contribution in [3.8, 4) is 0 Å². The first-order valence-electron chi connectivity index (χ1n) is 5.42. The number of nitro benzene ring substituents is 1. The second-order valence-electron chi connectivity index (χ2n) is 3.81. The van der Waals surface area contributed by atoms with Gasteiger partial charge in [0.25, 0.3) is 5.69 Å². The van der Waals surface area contributed by atoms with Crippen molar-refractivity contribution >= 4 is 23.4 Å². The van der Waals surface area contributed by atoms with Crippen LogP contribution in [0.4, 0.5) is 10.1 Å². The van der Waals surface area contributed by atoms with Crippen molar-refractivity contribution in [3.05, 3.63) is 64.0 Å². The Bertz CT molecular complexity index is 690. The average Bonchev–Trinajstić information content (AvgIpc) is 2.41. The number of nitrogens with zero attached hydrogens (tertiary/aromatic N) is 1. The first-order chi connectivity index (χ1) is 9.47. The summed E-state index contributed by atoms with van der Waals surface area (Å²) < 4.78 is 13.7. The summed E-state index contributed by atoms with van der Waals surface area (Å²) in [6.07, 6.45) is 0. The molecule has 0 unspecified atom stereocenters. The summed E-state index contributed by atoms with van der Waals surface area (Å²) >= 11 is 1.01. The van der Waals surface area contributed by atoms with Crippen LogP contribution >= 0.6 is 11.8 Å². The molecule has 0 spiro atoms. The number of halogens is 1. The van der Waals surface area contributed by atoms with Crippen LogP contribution in [-0.4, -0.2) is 16.0 Å². The SMILES string of the molecule is O=C(O)c1cccc(Sc2ccc([N+](=O)[O-])cc2F)c1. The largest absolute Gasteiger partial charge is 0.478 e. The molecular formula is C13H8FNO4S. The standard InChI is InChI=1S/C13H8FNO4S/c14-11-7-9(15(18)19)4-5-12(11)20-10-3-1-2-8(6-10)13(16)17/h1-7H,(H,16,17). The Hall–Kier alpha value is -2.41. The van der Waals surface area contributed by atoms with Crippen LogP contribution in [0, 0.1) is 15.9 Å². The lowest BCUT2D eigenvalue weighted by Crippen LogP contribution is -1.95. The number of nitro groups is 1. The van der Waals surface area contributed by atoms with Gasteiger partial charge in [0, 0.05) is 15.9 Å². The van der Waals surface area contributed by atoms with Gasteiger partial charge in [-0.1, -0.05) is 17.8 Å². The van der Waals surface area contributed by atoms with Crippen molar-refractivity contribution in [1.82, 2.24) is 0 Å². The number of carbonyl (C=O) groups is 1. The minimum absolute atomic E-state index is 0.0947. The number of benzene rings is 2. The van der Waals surface area contributed by atoms with Crippen molar-refractivity contribution in [1.29, 1.82) is 0 Å². The van der Waals surface area contributed by atoms with E-state index in [9.17, 15) is 19.3 Å². The first-order valence-corrected chi connectivity index (χ1v) is 6.24. The van der Waals surface area contributed by atoms with Crippen molar-refractivity contribution in [3.63, 3.8) is 0 Å². The maximum atomic E-state index is 13.7. The Morgan fingerprint density at radius 3 is 2.60 bits per heavy atom. The maximum Gasteiger partial charge on any atom is 0.335 e. The van der Waals surface area contributed by atoms with E-state index in [1.807, 2.05) is 0 Å². The molecule has 1 N–H and O–H groups in total. The highest BCUT2D eigenvalue weighted by Crippen LogP contribution is 2.32. The highest BCUT2D eigenvalue weighted by Gasteiger charge is 2.12. The van der Waals surface area contributed by atoms with E-state index < -0.39 is 16.7 Å². The molecule has 0 atom stereocenters. The molecule has 2 rings (SSSR count). The van der Waals surface area contributed by atoms with Gasteiger partial charge in [0.2, 0.25) is 0 Å². The van der Waals surface area contributed by atoms with Gasteiger partial charge in [-0.2, -0.15) is 0 Å². The zero-order valence-electron chi connectivity index (χ0n) is 9.95. The Labute approximate surface area is 117 Å². The molecule has 0 aliphatic rings. The van der Waals surface area contributed by atoms with Crippen molar-refractivity contribution in [2.24, 2.45) is 0 Å². The van der Waals surface area contributed by atoms with E-state index >= 15 is 0 Å². The topological polar surface area (TPSA) is 80.4 Å². The lowest BCUT2D eigenvalue weighted by molar-refractivity contribution is -0.385. The number of hydrogen-bond donors (Lipinski definition) is 1. The summed E-state index contributed by atoms with van der Waals surface area (Å²) in [4.78, 5) is 21.4. The fraction of sp³-hybridized carbons (Fsp3) is 0. The van der Waals surface area contributed by atoms with E-state index in [1.54, 1.807) is 12.1 Å². The Morgan fingerprint density at radius 1 is 1.25 bits per heavy atom. The minimum atomic E-state index is -1.07. The van der Waals surface area contributed by atoms with E-state index in [2.05, 4.69) is 0 Å². The summed E-state index contributed by atoms with van der Waals surface area (Å²) in [5.41, 5.74) is -0.233. The summed E-state index contributed by atoms with van der Waals surface area (Å²) in [6.45, 7) is 0. The monoisotopic (exact) mass is 293 g/mol. The summed E-state index contributed by atoms with van der Waals surface area (Å²) in [5, 5.41) is 19.4. The van der Waals surface area contributed by atoms with Gasteiger partial charge in [-0.25, -0.2) is 9.18 Å². The van der Waals surface area contributed by atoms with Gasteiger partial charge in [0.1, 0.15) is 5.82 Å². The molecule has 0 aliphatic heterocycles. The number of rotatable bonds is 4. The Kier molecular flexibility index (Phi) is 3.99. The second kappa shape index (κ2) is 5.70. The molecule has 20 heavy (non-hydrogen) atoms. The molecule has 0 amide bonds. The van der Waals surface area contributed by atoms with Crippen LogP contribution in [0.5, 0.6) is 0 Å². The Morgan fingerprint density at radius 2 is 2.00 bits per heavy atom. The predicted molar refractivity (Wildman–Crippen MR) is 70.6 cm³/mol. The van der Waals surface area contributed by atoms with Crippen LogP contribution in [0.25, 0.3) is 0 Å². The van der Waals surface area contributed by atoms with Crippen molar-refractivity contribution in [2.75, 3.05) is 0 Å². The fourth-order valence-corrected chi connectivity index (χ4v) is 2.38. The second-order valence-corrected chi connectivity index (χ2v) is 4.92. The zero-order chi connectivity index (χ0) is 14.7. The molecule has 5 nitrogen and oxygen atoms in total. The van der Waals surface area contributed by atoms with Crippen LogP contribution in [0.2, 0.25) is 0 Å². The highest BCUT2D eigenvalue weighted by molar-refractivity contribution is 7.99. The molecule has 0 heterocycles. The smallest absolute Gasteiger partial charge is 0.335 e. The molecule has 0 aliphatic carbocycles. The third kappa shape index (κ3) is 3.12. The molecule has 7 heteroatoms. The van der Waals surface area contributed by atoms with Crippen LogP contribution < -0.4 is 0 Å². The summed E-state index contributed by atoms with van der Waals surface area (Å²) in [7, 11) is 0. The summed E-state index contributed by atoms with van der Waals surface area (Å²) in [5.74, 6) is -1.79. The molecule has 2 aromatic rings. The number of non-ortho nitro benzene ring substituents is 1. The maximum absolute atomic E-state index is 13.7. The van der Waals surface area contributed by atoms with Gasteiger partial charge in [0.05, 0.1) is 16.6 Å². The van der Waals surface area contributed by atoms with Crippen LogP contribution in [0.15, 0.2) is 52.3 Å². The van der Waals surface area contributed by atoms with Crippen LogP contribution in [0.1, 0.15) is 10.4 Å². The molecule has 102 valence electrons. The Balaban J connectivity index is 2.28. The normalized spacial score (nSPS) is 10.2. The van der Waals surface area contributed by atoms with E-state index in [1.165, 1.54) is 24.3 Å². The number of hydrogen-bond acceptors (Lipinski definition) is 4. The zero-order valence-corrected chi connectivity index (χ0v) is 10.8.